The van der Waals surface area contributed by atoms with Gasteiger partial charge in [-0.05, 0) is 17.7 Å². The standard InChI is InChI=1S/C17H18FN3O/c18-15-6-2-1-5-14(15)13-17(22)21-11-9-20(10-12-21)16-7-3-4-8-19-16/h1-8H,9-13H2/p+1. The zero-order valence-corrected chi connectivity index (χ0v) is 12.3. The van der Waals surface area contributed by atoms with E-state index in [2.05, 4.69) is 9.88 Å². The molecule has 1 fully saturated rings. The summed E-state index contributed by atoms with van der Waals surface area (Å²) in [5, 5.41) is 0. The summed E-state index contributed by atoms with van der Waals surface area (Å²) < 4.78 is 13.6. The van der Waals surface area contributed by atoms with Gasteiger partial charge in [-0.25, -0.2) is 9.37 Å². The highest BCUT2D eigenvalue weighted by Crippen LogP contribution is 2.13. The summed E-state index contributed by atoms with van der Waals surface area (Å²) >= 11 is 0. The van der Waals surface area contributed by atoms with Crippen molar-refractivity contribution < 1.29 is 14.2 Å². The van der Waals surface area contributed by atoms with Crippen molar-refractivity contribution in [3.63, 3.8) is 0 Å². The molecule has 1 aliphatic heterocycles. The van der Waals surface area contributed by atoms with Crippen LogP contribution in [0.1, 0.15) is 5.56 Å². The van der Waals surface area contributed by atoms with Crippen molar-refractivity contribution >= 4 is 11.7 Å². The molecule has 1 aromatic carbocycles. The molecular formula is C17H19FN3O+. The Bertz CT molecular complexity index is 639. The minimum atomic E-state index is -0.312. The predicted molar refractivity (Wildman–Crippen MR) is 81.9 cm³/mol. The third-order valence-electron chi connectivity index (χ3n) is 3.97. The van der Waals surface area contributed by atoms with E-state index in [4.69, 9.17) is 0 Å². The number of piperazine rings is 1. The third kappa shape index (κ3) is 3.24. The van der Waals surface area contributed by atoms with Gasteiger partial charge in [-0.3, -0.25) is 9.69 Å². The van der Waals surface area contributed by atoms with Crippen LogP contribution < -0.4 is 9.88 Å². The molecule has 0 radical (unpaired) electrons. The summed E-state index contributed by atoms with van der Waals surface area (Å²) in [4.78, 5) is 19.5. The minimum Gasteiger partial charge on any atom is -0.335 e. The number of nitrogens with one attached hydrogen (secondary N) is 1. The van der Waals surface area contributed by atoms with Crippen molar-refractivity contribution in [2.24, 2.45) is 0 Å². The van der Waals surface area contributed by atoms with Crippen molar-refractivity contribution in [3.05, 3.63) is 60.0 Å². The van der Waals surface area contributed by atoms with Crippen LogP contribution in [0.4, 0.5) is 10.2 Å². The highest BCUT2D eigenvalue weighted by molar-refractivity contribution is 5.79. The molecule has 1 saturated heterocycles. The Hall–Kier alpha value is -2.43. The molecule has 114 valence electrons. The zero-order valence-electron chi connectivity index (χ0n) is 12.3. The Labute approximate surface area is 129 Å². The lowest BCUT2D eigenvalue weighted by Gasteiger charge is -2.31. The quantitative estimate of drug-likeness (QED) is 0.862. The van der Waals surface area contributed by atoms with Crippen molar-refractivity contribution in [2.75, 3.05) is 31.1 Å². The number of rotatable bonds is 3. The van der Waals surface area contributed by atoms with E-state index in [1.54, 1.807) is 18.2 Å². The van der Waals surface area contributed by atoms with Gasteiger partial charge in [0.15, 0.2) is 0 Å². The molecule has 0 aliphatic carbocycles. The first-order chi connectivity index (χ1) is 10.7. The molecule has 2 aromatic rings. The van der Waals surface area contributed by atoms with Crippen molar-refractivity contribution in [3.8, 4) is 0 Å². The van der Waals surface area contributed by atoms with E-state index in [1.807, 2.05) is 29.3 Å². The second-order valence-corrected chi connectivity index (χ2v) is 5.38. The molecular weight excluding hydrogens is 281 g/mol. The second-order valence-electron chi connectivity index (χ2n) is 5.38. The average molecular weight is 300 g/mol. The van der Waals surface area contributed by atoms with Gasteiger partial charge in [-0.1, -0.05) is 24.3 Å². The molecule has 22 heavy (non-hydrogen) atoms. The second kappa shape index (κ2) is 6.56. The number of hydrogen-bond donors (Lipinski definition) is 0. The van der Waals surface area contributed by atoms with Gasteiger partial charge in [-0.15, -0.1) is 0 Å². The third-order valence-corrected chi connectivity index (χ3v) is 3.97. The Balaban J connectivity index is 1.57. The fourth-order valence-corrected chi connectivity index (χ4v) is 2.69. The lowest BCUT2D eigenvalue weighted by atomic mass is 10.1. The maximum atomic E-state index is 13.6. The number of aromatic nitrogens is 1. The van der Waals surface area contributed by atoms with Crippen LogP contribution in [0, 0.1) is 5.82 Å². The summed E-state index contributed by atoms with van der Waals surface area (Å²) in [5.41, 5.74) is 0.464. The largest absolute Gasteiger partial charge is 0.335 e. The van der Waals surface area contributed by atoms with E-state index in [1.165, 1.54) is 6.07 Å². The topological polar surface area (TPSA) is 37.7 Å². The van der Waals surface area contributed by atoms with E-state index in [0.29, 0.717) is 18.7 Å². The molecule has 5 heteroatoms. The molecule has 0 spiro atoms. The summed E-state index contributed by atoms with van der Waals surface area (Å²) in [7, 11) is 0. The smallest absolute Gasteiger partial charge is 0.274 e. The van der Waals surface area contributed by atoms with E-state index >= 15 is 0 Å². The van der Waals surface area contributed by atoms with Crippen LogP contribution in [0.15, 0.2) is 48.7 Å². The Morgan fingerprint density at radius 1 is 1.05 bits per heavy atom. The van der Waals surface area contributed by atoms with Crippen LogP contribution in [0.2, 0.25) is 0 Å². The normalized spacial score (nSPS) is 15.0. The van der Waals surface area contributed by atoms with Gasteiger partial charge >= 0.3 is 0 Å². The highest BCUT2D eigenvalue weighted by Gasteiger charge is 2.26. The molecule has 3 rings (SSSR count). The maximum absolute atomic E-state index is 13.6. The minimum absolute atomic E-state index is 0.0122. The Morgan fingerprint density at radius 3 is 2.45 bits per heavy atom. The summed E-state index contributed by atoms with van der Waals surface area (Å²) in [5.74, 6) is 0.735. The highest BCUT2D eigenvalue weighted by atomic mass is 19.1. The lowest BCUT2D eigenvalue weighted by molar-refractivity contribution is -0.364. The fraction of sp³-hybridized carbons (Fsp3) is 0.294. The molecule has 0 saturated carbocycles. The van der Waals surface area contributed by atoms with Gasteiger partial charge in [-0.2, -0.15) is 0 Å². The van der Waals surface area contributed by atoms with Gasteiger partial charge in [0.25, 0.3) is 5.82 Å². The van der Waals surface area contributed by atoms with E-state index in [-0.39, 0.29) is 18.1 Å². The predicted octanol–water partition coefficient (Wildman–Crippen LogP) is 1.53. The number of hydrogen-bond acceptors (Lipinski definition) is 2. The molecule has 2 heterocycles. The van der Waals surface area contributed by atoms with Gasteiger partial charge in [0.05, 0.1) is 25.7 Å². The average Bonchev–Trinajstić information content (AvgIpc) is 2.58. The monoisotopic (exact) mass is 300 g/mol. The number of H-pyrrole nitrogens is 1. The van der Waals surface area contributed by atoms with E-state index in [9.17, 15) is 9.18 Å². The van der Waals surface area contributed by atoms with Gasteiger partial charge in [0, 0.05) is 6.07 Å². The van der Waals surface area contributed by atoms with Gasteiger partial charge in [0.1, 0.15) is 18.9 Å². The van der Waals surface area contributed by atoms with Crippen LogP contribution in [-0.2, 0) is 11.2 Å². The first-order valence-corrected chi connectivity index (χ1v) is 7.47. The maximum Gasteiger partial charge on any atom is 0.274 e. The number of carbonyl (C=O) groups excluding carboxylic acids is 1. The van der Waals surface area contributed by atoms with Crippen molar-refractivity contribution in [2.45, 2.75) is 6.42 Å². The molecule has 4 nitrogen and oxygen atoms in total. The van der Waals surface area contributed by atoms with Gasteiger partial charge in [0.2, 0.25) is 5.91 Å². The number of carbonyl (C=O) groups is 1. The number of aromatic amines is 1. The van der Waals surface area contributed by atoms with Crippen LogP contribution >= 0.6 is 0 Å². The molecule has 1 aliphatic rings. The number of nitrogens with zero attached hydrogens (tertiary/aromatic N) is 2. The number of pyridine rings is 1. The number of anilines is 1. The summed E-state index contributed by atoms with van der Waals surface area (Å²) in [6, 6.07) is 12.4. The Kier molecular flexibility index (Phi) is 4.32. The fourth-order valence-electron chi connectivity index (χ4n) is 2.69. The van der Waals surface area contributed by atoms with Crippen LogP contribution in [0.5, 0.6) is 0 Å². The molecule has 1 aromatic heterocycles. The molecule has 0 atom stereocenters. The SMILES string of the molecule is O=C(Cc1ccccc1F)N1CCN(c2cccc[nH+]2)CC1. The number of benzene rings is 1. The molecule has 1 N–H and O–H groups in total. The summed E-state index contributed by atoms with van der Waals surface area (Å²) in [6.07, 6.45) is 2.02. The zero-order chi connectivity index (χ0) is 15.4. The van der Waals surface area contributed by atoms with Crippen molar-refractivity contribution in [1.82, 2.24) is 4.90 Å². The van der Waals surface area contributed by atoms with Gasteiger partial charge < -0.3 is 4.90 Å². The number of amides is 1. The first-order valence-electron chi connectivity index (χ1n) is 7.47. The van der Waals surface area contributed by atoms with Crippen LogP contribution in [0.25, 0.3) is 0 Å². The van der Waals surface area contributed by atoms with Crippen molar-refractivity contribution in [1.29, 1.82) is 0 Å². The number of halogens is 1. The molecule has 1 amide bonds. The summed E-state index contributed by atoms with van der Waals surface area (Å²) in [6.45, 7) is 2.89. The van der Waals surface area contributed by atoms with Crippen LogP contribution in [-0.4, -0.2) is 37.0 Å². The molecule has 0 unspecified atom stereocenters. The first kappa shape index (κ1) is 14.5. The molecule has 0 bridgehead atoms. The Morgan fingerprint density at radius 2 is 1.77 bits per heavy atom. The van der Waals surface area contributed by atoms with Crippen LogP contribution in [0.3, 0.4) is 0 Å². The van der Waals surface area contributed by atoms with E-state index in [0.717, 1.165) is 18.9 Å². The lowest BCUT2D eigenvalue weighted by Crippen LogP contribution is -2.50. The van der Waals surface area contributed by atoms with E-state index < -0.39 is 0 Å².